The number of fused-ring (bicyclic) bond motifs is 1. The van der Waals surface area contributed by atoms with Crippen LogP contribution >= 0.6 is 11.7 Å². The molecule has 6 heteroatoms. The Morgan fingerprint density at radius 1 is 1.13 bits per heavy atom. The van der Waals surface area contributed by atoms with Gasteiger partial charge >= 0.3 is 29.6 Å². The summed E-state index contributed by atoms with van der Waals surface area (Å²) in [5, 5.41) is 0.794. The van der Waals surface area contributed by atoms with Crippen LogP contribution in [0.4, 0.5) is 0 Å². The fourth-order valence-electron chi connectivity index (χ4n) is 1.28. The summed E-state index contributed by atoms with van der Waals surface area (Å²) in [6.07, 6.45) is 1.56. The Morgan fingerprint density at radius 3 is 2.47 bits per heavy atom. The number of aromatic nitrogens is 1. The van der Waals surface area contributed by atoms with Gasteiger partial charge in [-0.05, 0) is 23.8 Å². The summed E-state index contributed by atoms with van der Waals surface area (Å²) < 4.78 is 22.5. The molecule has 15 heavy (non-hydrogen) atoms. The number of pyridine rings is 1. The van der Waals surface area contributed by atoms with E-state index in [4.69, 9.17) is 0 Å². The van der Waals surface area contributed by atoms with Gasteiger partial charge in [-0.25, -0.2) is 8.42 Å². The van der Waals surface area contributed by atoms with Gasteiger partial charge in [-0.2, -0.15) is 0 Å². The standard InChI is InChI=1S/C9H7NO2S2.Na.H/c11-14(12,13)8-5-1-3-7-4-2-6-10-9(7)8;;/h1-6H,(H,11,12,13);;. The Morgan fingerprint density at radius 2 is 1.80 bits per heavy atom. The Balaban J connectivity index is 0.00000112. The second-order valence-corrected chi connectivity index (χ2v) is 5.64. The maximum atomic E-state index is 11.3. The van der Waals surface area contributed by atoms with Gasteiger partial charge in [-0.1, -0.05) is 18.2 Å². The molecule has 0 aliphatic heterocycles. The van der Waals surface area contributed by atoms with Crippen molar-refractivity contribution in [1.29, 1.82) is 0 Å². The van der Waals surface area contributed by atoms with Crippen LogP contribution in [0.2, 0.25) is 0 Å². The van der Waals surface area contributed by atoms with Crippen LogP contribution < -0.4 is 0 Å². The van der Waals surface area contributed by atoms with Gasteiger partial charge in [-0.3, -0.25) is 4.98 Å². The molecule has 1 aromatic heterocycles. The molecule has 0 unspecified atom stereocenters. The van der Waals surface area contributed by atoms with E-state index in [9.17, 15) is 8.42 Å². The van der Waals surface area contributed by atoms with Crippen molar-refractivity contribution in [3.05, 3.63) is 36.5 Å². The number of thiol groups is 1. The van der Waals surface area contributed by atoms with Gasteiger partial charge in [0.1, 0.15) is 4.90 Å². The fraction of sp³-hybridized carbons (Fsp3) is 0. The molecule has 1 heterocycles. The van der Waals surface area contributed by atoms with Crippen molar-refractivity contribution >= 4 is 61.0 Å². The van der Waals surface area contributed by atoms with Crippen LogP contribution in [0.25, 0.3) is 10.9 Å². The molecule has 0 atom stereocenters. The minimum absolute atomic E-state index is 0. The van der Waals surface area contributed by atoms with E-state index in [2.05, 4.69) is 16.6 Å². The molecule has 74 valence electrons. The van der Waals surface area contributed by atoms with Crippen molar-refractivity contribution in [2.24, 2.45) is 0 Å². The molecule has 2 aromatic rings. The van der Waals surface area contributed by atoms with Crippen molar-refractivity contribution in [3.8, 4) is 0 Å². The molecule has 1 aromatic carbocycles. The van der Waals surface area contributed by atoms with E-state index < -0.39 is 8.87 Å². The number of benzene rings is 1. The van der Waals surface area contributed by atoms with E-state index in [-0.39, 0.29) is 34.5 Å². The molecule has 0 aliphatic carbocycles. The number of para-hydroxylation sites is 1. The fourth-order valence-corrected chi connectivity index (χ4v) is 2.39. The van der Waals surface area contributed by atoms with E-state index in [0.717, 1.165) is 5.39 Å². The van der Waals surface area contributed by atoms with Crippen LogP contribution in [-0.4, -0.2) is 43.0 Å². The summed E-state index contributed by atoms with van der Waals surface area (Å²) in [7, 11) is -3.50. The number of hydrogen-bond donors (Lipinski definition) is 1. The van der Waals surface area contributed by atoms with Gasteiger partial charge in [0, 0.05) is 11.6 Å². The first-order valence-corrected chi connectivity index (χ1v) is 6.44. The summed E-state index contributed by atoms with van der Waals surface area (Å²) in [5.74, 6) is 0. The van der Waals surface area contributed by atoms with E-state index in [1.165, 1.54) is 6.07 Å². The van der Waals surface area contributed by atoms with Gasteiger partial charge in [0.25, 0.3) is 0 Å². The van der Waals surface area contributed by atoms with Crippen LogP contribution in [0, 0.1) is 0 Å². The molecular weight excluding hydrogens is 241 g/mol. The normalized spacial score (nSPS) is 11.0. The Bertz CT molecular complexity index is 578. The second-order valence-electron chi connectivity index (χ2n) is 2.81. The zero-order valence-corrected chi connectivity index (χ0v) is 8.79. The molecule has 0 fully saturated rings. The Hall–Kier alpha value is -0.0700. The predicted molar refractivity (Wildman–Crippen MR) is 65.1 cm³/mol. The van der Waals surface area contributed by atoms with Gasteiger partial charge in [0.2, 0.25) is 8.87 Å². The van der Waals surface area contributed by atoms with Crippen LogP contribution in [0.1, 0.15) is 0 Å². The van der Waals surface area contributed by atoms with E-state index in [0.29, 0.717) is 5.52 Å². The van der Waals surface area contributed by atoms with Gasteiger partial charge in [0.15, 0.2) is 0 Å². The van der Waals surface area contributed by atoms with E-state index in [1.807, 2.05) is 12.1 Å². The monoisotopic (exact) mass is 249 g/mol. The van der Waals surface area contributed by atoms with Crippen LogP contribution in [0.5, 0.6) is 0 Å². The second kappa shape index (κ2) is 4.84. The third-order valence-electron chi connectivity index (χ3n) is 1.87. The van der Waals surface area contributed by atoms with Crippen LogP contribution in [-0.2, 0) is 8.87 Å². The quantitative estimate of drug-likeness (QED) is 0.469. The van der Waals surface area contributed by atoms with Gasteiger partial charge in [-0.15, -0.1) is 0 Å². The third kappa shape index (κ3) is 2.73. The predicted octanol–water partition coefficient (Wildman–Crippen LogP) is 1.20. The van der Waals surface area contributed by atoms with E-state index in [1.54, 1.807) is 18.3 Å². The van der Waals surface area contributed by atoms with Crippen molar-refractivity contribution in [2.75, 3.05) is 0 Å². The van der Waals surface area contributed by atoms with Crippen molar-refractivity contribution in [1.82, 2.24) is 4.98 Å². The molecular formula is C9H8NNaO2S2. The zero-order valence-electron chi connectivity index (χ0n) is 7.08. The van der Waals surface area contributed by atoms with Crippen molar-refractivity contribution in [2.45, 2.75) is 4.90 Å². The first-order valence-electron chi connectivity index (χ1n) is 3.90. The third-order valence-corrected chi connectivity index (χ3v) is 3.35. The molecule has 0 bridgehead atoms. The first kappa shape index (κ1) is 13.0. The minimum atomic E-state index is -3.50. The average Bonchev–Trinajstić information content (AvgIpc) is 2.15. The molecule has 0 amide bonds. The zero-order chi connectivity index (χ0) is 10.2. The molecule has 0 N–H and O–H groups in total. The summed E-state index contributed by atoms with van der Waals surface area (Å²) in [4.78, 5) is 4.17. The Labute approximate surface area is 115 Å². The molecule has 0 saturated heterocycles. The average molecular weight is 249 g/mol. The van der Waals surface area contributed by atoms with E-state index >= 15 is 0 Å². The summed E-state index contributed by atoms with van der Waals surface area (Å²) in [6.45, 7) is 0. The van der Waals surface area contributed by atoms with Crippen LogP contribution in [0.3, 0.4) is 0 Å². The Kier molecular flexibility index (Phi) is 4.20. The molecule has 0 aliphatic rings. The number of nitrogens with zero attached hydrogens (tertiary/aromatic N) is 1. The van der Waals surface area contributed by atoms with Gasteiger partial charge < -0.3 is 0 Å². The number of hydrogen-bond acceptors (Lipinski definition) is 3. The maximum absolute atomic E-state index is 11.3. The van der Waals surface area contributed by atoms with Crippen molar-refractivity contribution in [3.63, 3.8) is 0 Å². The molecule has 0 spiro atoms. The molecule has 3 nitrogen and oxygen atoms in total. The summed E-state index contributed by atoms with van der Waals surface area (Å²) >= 11 is 3.55. The summed E-state index contributed by atoms with van der Waals surface area (Å²) in [6, 6.07) is 8.55. The van der Waals surface area contributed by atoms with Crippen LogP contribution in [0.15, 0.2) is 41.4 Å². The first-order chi connectivity index (χ1) is 6.59. The molecule has 2 rings (SSSR count). The van der Waals surface area contributed by atoms with Gasteiger partial charge in [0.05, 0.1) is 5.52 Å². The van der Waals surface area contributed by atoms with Crippen molar-refractivity contribution < 1.29 is 8.42 Å². The molecule has 0 radical (unpaired) electrons. The topological polar surface area (TPSA) is 47.0 Å². The SMILES string of the molecule is O=S(=O)(S)c1cccc2cccnc12.[NaH]. The number of rotatable bonds is 1. The summed E-state index contributed by atoms with van der Waals surface area (Å²) in [5.41, 5.74) is 0.463. The molecule has 0 saturated carbocycles.